The zero-order valence-electron chi connectivity index (χ0n) is 14.7. The van der Waals surface area contributed by atoms with E-state index in [1.807, 2.05) is 6.07 Å². The number of amides is 2. The predicted molar refractivity (Wildman–Crippen MR) is 107 cm³/mol. The highest BCUT2D eigenvalue weighted by Crippen LogP contribution is 2.33. The van der Waals surface area contributed by atoms with Crippen LogP contribution in [0.3, 0.4) is 0 Å². The molecular weight excluding hydrogens is 403 g/mol. The van der Waals surface area contributed by atoms with Crippen LogP contribution >= 0.6 is 23.2 Å². The van der Waals surface area contributed by atoms with Gasteiger partial charge in [0.05, 0.1) is 23.3 Å². The molecule has 0 radical (unpaired) electrons. The Morgan fingerprint density at radius 2 is 1.75 bits per heavy atom. The summed E-state index contributed by atoms with van der Waals surface area (Å²) in [6.45, 7) is 1.87. The van der Waals surface area contributed by atoms with E-state index < -0.39 is 5.91 Å². The number of furan rings is 1. The van der Waals surface area contributed by atoms with Crippen molar-refractivity contribution in [3.63, 3.8) is 0 Å². The summed E-state index contributed by atoms with van der Waals surface area (Å²) >= 11 is 11.9. The molecule has 1 aliphatic heterocycles. The first-order valence-electron chi connectivity index (χ1n) is 8.69. The van der Waals surface area contributed by atoms with Gasteiger partial charge in [0.15, 0.2) is 0 Å². The summed E-state index contributed by atoms with van der Waals surface area (Å²) in [7, 11) is 0. The van der Waals surface area contributed by atoms with Crippen molar-refractivity contribution in [1.82, 2.24) is 4.90 Å². The summed E-state index contributed by atoms with van der Waals surface area (Å²) in [4.78, 5) is 27.4. The van der Waals surface area contributed by atoms with Crippen LogP contribution in [0, 0.1) is 0 Å². The van der Waals surface area contributed by atoms with Crippen LogP contribution in [0.4, 0.5) is 5.69 Å². The summed E-state index contributed by atoms with van der Waals surface area (Å²) in [5.41, 5.74) is 1.18. The van der Waals surface area contributed by atoms with Gasteiger partial charge in [-0.1, -0.05) is 35.3 Å². The third-order valence-corrected chi connectivity index (χ3v) is 5.25. The second kappa shape index (κ2) is 7.83. The topological polar surface area (TPSA) is 71.8 Å². The molecule has 2 heterocycles. The van der Waals surface area contributed by atoms with Gasteiger partial charge in [0.1, 0.15) is 11.3 Å². The predicted octanol–water partition coefficient (Wildman–Crippen LogP) is 4.46. The SMILES string of the molecule is O=C(Nc1c(C(=O)N2CCOCC2)oc2ccccc12)c1ccc(Cl)c(Cl)c1. The number of anilines is 1. The minimum Gasteiger partial charge on any atom is -0.449 e. The van der Waals surface area contributed by atoms with Crippen LogP contribution in [0.1, 0.15) is 20.9 Å². The minimum absolute atomic E-state index is 0.0940. The fraction of sp³-hybridized carbons (Fsp3) is 0.200. The van der Waals surface area contributed by atoms with Crippen LogP contribution in [0.25, 0.3) is 11.0 Å². The molecule has 144 valence electrons. The monoisotopic (exact) mass is 418 g/mol. The lowest BCUT2D eigenvalue weighted by Crippen LogP contribution is -2.40. The zero-order valence-corrected chi connectivity index (χ0v) is 16.2. The summed E-state index contributed by atoms with van der Waals surface area (Å²) in [5, 5.41) is 4.08. The van der Waals surface area contributed by atoms with Crippen LogP contribution < -0.4 is 5.32 Å². The molecule has 1 saturated heterocycles. The normalized spacial score (nSPS) is 14.3. The molecule has 0 atom stereocenters. The van der Waals surface area contributed by atoms with E-state index >= 15 is 0 Å². The lowest BCUT2D eigenvalue weighted by atomic mass is 10.1. The number of fused-ring (bicyclic) bond motifs is 1. The summed E-state index contributed by atoms with van der Waals surface area (Å²) in [5.74, 6) is -0.610. The largest absolute Gasteiger partial charge is 0.449 e. The molecule has 3 aromatic rings. The first-order valence-corrected chi connectivity index (χ1v) is 9.45. The van der Waals surface area contributed by atoms with E-state index in [9.17, 15) is 9.59 Å². The van der Waals surface area contributed by atoms with Crippen LogP contribution in [0.2, 0.25) is 10.0 Å². The molecule has 0 spiro atoms. The number of halogens is 2. The maximum Gasteiger partial charge on any atom is 0.291 e. The van der Waals surface area contributed by atoms with Gasteiger partial charge in [-0.3, -0.25) is 9.59 Å². The first-order chi connectivity index (χ1) is 13.5. The molecule has 6 nitrogen and oxygen atoms in total. The van der Waals surface area contributed by atoms with E-state index in [1.165, 1.54) is 6.07 Å². The van der Waals surface area contributed by atoms with E-state index in [0.717, 1.165) is 0 Å². The molecule has 1 aromatic heterocycles. The number of hydrogen-bond acceptors (Lipinski definition) is 4. The number of nitrogens with zero attached hydrogens (tertiary/aromatic N) is 1. The number of benzene rings is 2. The highest BCUT2D eigenvalue weighted by Gasteiger charge is 2.27. The molecule has 8 heteroatoms. The van der Waals surface area contributed by atoms with Crippen LogP contribution in [0.5, 0.6) is 0 Å². The highest BCUT2D eigenvalue weighted by atomic mass is 35.5. The van der Waals surface area contributed by atoms with Gasteiger partial charge >= 0.3 is 0 Å². The minimum atomic E-state index is -0.416. The van der Waals surface area contributed by atoms with E-state index in [1.54, 1.807) is 35.2 Å². The average Bonchev–Trinajstić information content (AvgIpc) is 3.08. The van der Waals surface area contributed by atoms with Crippen molar-refractivity contribution in [2.24, 2.45) is 0 Å². The quantitative estimate of drug-likeness (QED) is 0.680. The first kappa shape index (κ1) is 18.8. The van der Waals surface area contributed by atoms with Crippen molar-refractivity contribution >= 4 is 51.7 Å². The van der Waals surface area contributed by atoms with Gasteiger partial charge in [-0.15, -0.1) is 0 Å². The second-order valence-corrected chi connectivity index (χ2v) is 7.10. The van der Waals surface area contributed by atoms with E-state index in [-0.39, 0.29) is 16.7 Å². The van der Waals surface area contributed by atoms with Crippen molar-refractivity contribution in [1.29, 1.82) is 0 Å². The van der Waals surface area contributed by atoms with Crippen LogP contribution in [-0.2, 0) is 4.74 Å². The standard InChI is InChI=1S/C20H16Cl2N2O4/c21-14-6-5-12(11-15(14)22)19(25)23-17-13-3-1-2-4-16(13)28-18(17)20(26)24-7-9-27-10-8-24/h1-6,11H,7-10H2,(H,23,25). The number of hydrogen-bond donors (Lipinski definition) is 1. The molecule has 1 aliphatic rings. The van der Waals surface area contributed by atoms with Gasteiger partial charge in [-0.25, -0.2) is 0 Å². The molecule has 1 N–H and O–H groups in total. The Hall–Kier alpha value is -2.54. The van der Waals surface area contributed by atoms with Gasteiger partial charge < -0.3 is 19.4 Å². The summed E-state index contributed by atoms with van der Waals surface area (Å²) in [6, 6.07) is 11.8. The molecule has 2 amide bonds. The molecule has 1 fully saturated rings. The van der Waals surface area contributed by atoms with Crippen molar-refractivity contribution in [3.8, 4) is 0 Å². The maximum atomic E-state index is 13.0. The van der Waals surface area contributed by atoms with Crippen molar-refractivity contribution in [3.05, 3.63) is 63.8 Å². The third-order valence-electron chi connectivity index (χ3n) is 4.51. The Morgan fingerprint density at radius 1 is 1.00 bits per heavy atom. The highest BCUT2D eigenvalue weighted by molar-refractivity contribution is 6.42. The number of morpholine rings is 1. The molecule has 28 heavy (non-hydrogen) atoms. The number of carbonyl (C=O) groups is 2. The second-order valence-electron chi connectivity index (χ2n) is 6.29. The third kappa shape index (κ3) is 3.58. The van der Waals surface area contributed by atoms with Gasteiger partial charge in [-0.2, -0.15) is 0 Å². The van der Waals surface area contributed by atoms with Gasteiger partial charge in [0.2, 0.25) is 5.76 Å². The number of carbonyl (C=O) groups excluding carboxylic acids is 2. The Balaban J connectivity index is 1.71. The van der Waals surface area contributed by atoms with Crippen molar-refractivity contribution in [2.45, 2.75) is 0 Å². The Labute approximate surface area is 171 Å². The smallest absolute Gasteiger partial charge is 0.291 e. The van der Waals surface area contributed by atoms with Crippen LogP contribution in [0.15, 0.2) is 46.9 Å². The molecule has 4 rings (SSSR count). The molecule has 2 aromatic carbocycles. The molecular formula is C20H16Cl2N2O4. The van der Waals surface area contributed by atoms with Gasteiger partial charge in [0.25, 0.3) is 11.8 Å². The average molecular weight is 419 g/mol. The van der Waals surface area contributed by atoms with Crippen molar-refractivity contribution in [2.75, 3.05) is 31.6 Å². The van der Waals surface area contributed by atoms with E-state index in [4.69, 9.17) is 32.4 Å². The van der Waals surface area contributed by atoms with E-state index in [0.29, 0.717) is 53.5 Å². The number of rotatable bonds is 3. The number of ether oxygens (including phenoxy) is 1. The molecule has 0 aliphatic carbocycles. The summed E-state index contributed by atoms with van der Waals surface area (Å²) < 4.78 is 11.1. The molecule has 0 saturated carbocycles. The Morgan fingerprint density at radius 3 is 2.50 bits per heavy atom. The fourth-order valence-electron chi connectivity index (χ4n) is 3.05. The van der Waals surface area contributed by atoms with E-state index in [2.05, 4.69) is 5.32 Å². The van der Waals surface area contributed by atoms with Crippen LogP contribution in [-0.4, -0.2) is 43.0 Å². The Kier molecular flexibility index (Phi) is 5.26. The zero-order chi connectivity index (χ0) is 19.7. The van der Waals surface area contributed by atoms with Gasteiger partial charge in [-0.05, 0) is 30.3 Å². The maximum absolute atomic E-state index is 13.0. The molecule has 0 unspecified atom stereocenters. The lowest BCUT2D eigenvalue weighted by Gasteiger charge is -2.26. The number of para-hydroxylation sites is 1. The van der Waals surface area contributed by atoms with Gasteiger partial charge in [0, 0.05) is 24.0 Å². The van der Waals surface area contributed by atoms with Crippen molar-refractivity contribution < 1.29 is 18.7 Å². The number of nitrogens with one attached hydrogen (secondary N) is 1. The summed E-state index contributed by atoms with van der Waals surface area (Å²) in [6.07, 6.45) is 0. The Bertz CT molecular complexity index is 1060. The fourth-order valence-corrected chi connectivity index (χ4v) is 3.35. The lowest BCUT2D eigenvalue weighted by molar-refractivity contribution is 0.0285. The molecule has 0 bridgehead atoms.